The van der Waals surface area contributed by atoms with Gasteiger partial charge in [0.2, 0.25) is 0 Å². The maximum atomic E-state index is 6.20. The molecule has 0 aromatic rings. The van der Waals surface area contributed by atoms with Crippen molar-refractivity contribution in [3.8, 4) is 0 Å². The molecule has 0 spiro atoms. The molecule has 0 saturated carbocycles. The maximum Gasteiger partial charge on any atom is 0.0221 e. The average molecular weight is 541 g/mol. The molecule has 8 atom stereocenters. The quantitative estimate of drug-likeness (QED) is 0.266. The number of hydrogen-bond acceptors (Lipinski definition) is 8. The lowest BCUT2D eigenvalue weighted by atomic mass is 10.0. The molecule has 228 valence electrons. The van der Waals surface area contributed by atoms with Crippen LogP contribution in [0.2, 0.25) is 0 Å². The van der Waals surface area contributed by atoms with Crippen LogP contribution in [0.4, 0.5) is 0 Å². The van der Waals surface area contributed by atoms with Crippen LogP contribution in [0.1, 0.15) is 93.9 Å². The highest BCUT2D eigenvalue weighted by Crippen LogP contribution is 2.19. The van der Waals surface area contributed by atoms with E-state index in [1.165, 1.54) is 12.8 Å². The van der Waals surface area contributed by atoms with E-state index in [9.17, 15) is 0 Å². The Balaban J connectivity index is 0.000000382. The Bertz CT molecular complexity index is 539. The van der Waals surface area contributed by atoms with E-state index in [1.807, 2.05) is 0 Å². The number of hydrogen-bond donors (Lipinski definition) is 4. The molecule has 2 aliphatic rings. The Morgan fingerprint density at radius 3 is 1.11 bits per heavy atom. The highest BCUT2D eigenvalue weighted by molar-refractivity contribution is 4.89. The normalized spacial score (nSPS) is 29.4. The molecule has 0 aliphatic carbocycles. The van der Waals surface area contributed by atoms with Crippen molar-refractivity contribution in [2.45, 2.75) is 142 Å². The van der Waals surface area contributed by atoms with E-state index < -0.39 is 0 Å². The molecule has 38 heavy (non-hydrogen) atoms. The molecule has 2 rings (SSSR count). The van der Waals surface area contributed by atoms with Crippen LogP contribution in [0.15, 0.2) is 0 Å². The van der Waals surface area contributed by atoms with Crippen molar-refractivity contribution in [2.75, 3.05) is 52.4 Å². The summed E-state index contributed by atoms with van der Waals surface area (Å²) < 4.78 is 0. The predicted octanol–water partition coefficient (Wildman–Crippen LogP) is 2.49. The maximum absolute atomic E-state index is 6.20. The number of nitrogens with zero attached hydrogens (tertiary/aromatic N) is 4. The molecule has 2 aliphatic heterocycles. The van der Waals surface area contributed by atoms with Crippen molar-refractivity contribution in [1.29, 1.82) is 0 Å². The fourth-order valence-electron chi connectivity index (χ4n) is 5.96. The standard InChI is InChI=1S/C16H36N4.C14H32N4/c1-5-7-15(17)11-19-9-10-20(14(4)13(19)3)12-16(18)8-6-2;1-11(15)5-7-17-9-10-18(8-6-12(2)16)14(4)13(17)3/h13-16H,5-12,17-18H2,1-4H3;11-14H,5-10,15-16H2,1-4H3. The second kappa shape index (κ2) is 18.9. The van der Waals surface area contributed by atoms with E-state index >= 15 is 0 Å². The third-order valence-corrected chi connectivity index (χ3v) is 9.05. The van der Waals surface area contributed by atoms with Gasteiger partial charge in [-0.25, -0.2) is 0 Å². The van der Waals surface area contributed by atoms with Gasteiger partial charge in [-0.05, 0) is 80.3 Å². The topological polar surface area (TPSA) is 117 Å². The minimum absolute atomic E-state index is 0.309. The molecule has 0 bridgehead atoms. The molecule has 2 saturated heterocycles. The van der Waals surface area contributed by atoms with Crippen LogP contribution in [-0.4, -0.2) is 120 Å². The lowest BCUT2D eigenvalue weighted by Crippen LogP contribution is -2.60. The summed E-state index contributed by atoms with van der Waals surface area (Å²) in [6.07, 6.45) is 6.80. The van der Waals surface area contributed by atoms with Gasteiger partial charge in [0.15, 0.2) is 0 Å². The van der Waals surface area contributed by atoms with Crippen molar-refractivity contribution >= 4 is 0 Å². The molecule has 0 aromatic carbocycles. The van der Waals surface area contributed by atoms with E-state index in [2.05, 4.69) is 75.0 Å². The van der Waals surface area contributed by atoms with Gasteiger partial charge in [-0.15, -0.1) is 0 Å². The second-order valence-electron chi connectivity index (χ2n) is 12.7. The first kappa shape index (κ1) is 35.7. The Kier molecular flexibility index (Phi) is 17.8. The summed E-state index contributed by atoms with van der Waals surface area (Å²) in [4.78, 5) is 10.3. The van der Waals surface area contributed by atoms with E-state index in [4.69, 9.17) is 22.9 Å². The van der Waals surface area contributed by atoms with E-state index in [-0.39, 0.29) is 0 Å². The molecular weight excluding hydrogens is 472 g/mol. The van der Waals surface area contributed by atoms with Crippen LogP contribution in [0.3, 0.4) is 0 Å². The second-order valence-corrected chi connectivity index (χ2v) is 12.7. The Morgan fingerprint density at radius 2 is 0.816 bits per heavy atom. The monoisotopic (exact) mass is 541 g/mol. The number of nitrogens with two attached hydrogens (primary N) is 4. The summed E-state index contributed by atoms with van der Waals surface area (Å²) in [5.74, 6) is 0. The van der Waals surface area contributed by atoms with Crippen molar-refractivity contribution < 1.29 is 0 Å². The summed E-state index contributed by atoms with van der Waals surface area (Å²) in [7, 11) is 0. The van der Waals surface area contributed by atoms with Gasteiger partial charge >= 0.3 is 0 Å². The Hall–Kier alpha value is -0.320. The zero-order chi connectivity index (χ0) is 28.8. The molecule has 0 radical (unpaired) electrons. The molecular formula is C30H68N8. The smallest absolute Gasteiger partial charge is 0.0221 e. The molecule has 8 heteroatoms. The van der Waals surface area contributed by atoms with Gasteiger partial charge in [0.25, 0.3) is 0 Å². The van der Waals surface area contributed by atoms with Crippen molar-refractivity contribution in [1.82, 2.24) is 19.6 Å². The molecule has 8 N–H and O–H groups in total. The summed E-state index contributed by atoms with van der Waals surface area (Å²) in [6.45, 7) is 26.8. The molecule has 0 amide bonds. The van der Waals surface area contributed by atoms with Gasteiger partial charge in [0.05, 0.1) is 0 Å². The van der Waals surface area contributed by atoms with E-state index in [0.717, 1.165) is 78.0 Å². The van der Waals surface area contributed by atoms with Crippen molar-refractivity contribution in [3.63, 3.8) is 0 Å². The third-order valence-electron chi connectivity index (χ3n) is 9.05. The van der Waals surface area contributed by atoms with Crippen LogP contribution in [0, 0.1) is 0 Å². The van der Waals surface area contributed by atoms with E-state index in [0.29, 0.717) is 48.3 Å². The van der Waals surface area contributed by atoms with Gasteiger partial charge < -0.3 is 22.9 Å². The average Bonchev–Trinajstić information content (AvgIpc) is 2.84. The largest absolute Gasteiger partial charge is 0.328 e. The van der Waals surface area contributed by atoms with Gasteiger partial charge in [-0.1, -0.05) is 26.7 Å². The van der Waals surface area contributed by atoms with Gasteiger partial charge in [-0.2, -0.15) is 0 Å². The van der Waals surface area contributed by atoms with E-state index in [1.54, 1.807) is 0 Å². The molecule has 2 fully saturated rings. The lowest BCUT2D eigenvalue weighted by Gasteiger charge is -2.46. The highest BCUT2D eigenvalue weighted by atomic mass is 15.3. The predicted molar refractivity (Wildman–Crippen MR) is 166 cm³/mol. The fourth-order valence-corrected chi connectivity index (χ4v) is 5.96. The SMILES string of the molecule is CC(N)CCN1CCN(CCC(C)N)C(C)C1C.CCCC(N)CN1CCN(CC(N)CCC)C(C)C1C. The zero-order valence-corrected chi connectivity index (χ0v) is 26.6. The first-order valence-corrected chi connectivity index (χ1v) is 15.9. The fraction of sp³-hybridized carbons (Fsp3) is 1.00. The summed E-state index contributed by atoms with van der Waals surface area (Å²) in [5, 5.41) is 0. The Labute approximate surface area is 237 Å². The van der Waals surface area contributed by atoms with Crippen LogP contribution < -0.4 is 22.9 Å². The lowest BCUT2D eigenvalue weighted by molar-refractivity contribution is 0.0282. The Morgan fingerprint density at radius 1 is 0.526 bits per heavy atom. The van der Waals surface area contributed by atoms with Crippen molar-refractivity contribution in [3.05, 3.63) is 0 Å². The molecule has 0 aromatic heterocycles. The van der Waals surface area contributed by atoms with Gasteiger partial charge in [-0.3, -0.25) is 19.6 Å². The number of rotatable bonds is 14. The summed E-state index contributed by atoms with van der Waals surface area (Å²) in [6, 6.07) is 3.64. The van der Waals surface area contributed by atoms with Crippen LogP contribution in [0.25, 0.3) is 0 Å². The number of piperazine rings is 2. The minimum atomic E-state index is 0.309. The van der Waals surface area contributed by atoms with Crippen LogP contribution in [-0.2, 0) is 0 Å². The van der Waals surface area contributed by atoms with Gasteiger partial charge in [0.1, 0.15) is 0 Å². The minimum Gasteiger partial charge on any atom is -0.328 e. The van der Waals surface area contributed by atoms with Crippen LogP contribution in [0.5, 0.6) is 0 Å². The third kappa shape index (κ3) is 12.9. The van der Waals surface area contributed by atoms with Crippen molar-refractivity contribution in [2.24, 2.45) is 22.9 Å². The van der Waals surface area contributed by atoms with Gasteiger partial charge in [0, 0.05) is 87.6 Å². The molecule has 8 nitrogen and oxygen atoms in total. The first-order chi connectivity index (χ1) is 17.9. The molecule has 8 unspecified atom stereocenters. The first-order valence-electron chi connectivity index (χ1n) is 15.9. The van der Waals surface area contributed by atoms with Crippen LogP contribution >= 0.6 is 0 Å². The zero-order valence-electron chi connectivity index (χ0n) is 26.6. The highest BCUT2D eigenvalue weighted by Gasteiger charge is 2.32. The molecule has 2 heterocycles. The summed E-state index contributed by atoms with van der Waals surface area (Å²) in [5.41, 5.74) is 24.1. The summed E-state index contributed by atoms with van der Waals surface area (Å²) >= 11 is 0.